The van der Waals surface area contributed by atoms with Crippen LogP contribution in [0.2, 0.25) is 0 Å². The maximum atomic E-state index is 10.2. The molecule has 1 aromatic rings. The van der Waals surface area contributed by atoms with Gasteiger partial charge in [0.2, 0.25) is 0 Å². The van der Waals surface area contributed by atoms with E-state index in [1.54, 1.807) is 32.5 Å². The number of aliphatic hydroxyl groups is 1. The molecule has 0 aromatic carbocycles. The van der Waals surface area contributed by atoms with Gasteiger partial charge in [-0.1, -0.05) is 0 Å². The summed E-state index contributed by atoms with van der Waals surface area (Å²) in [6.45, 7) is 1.80. The van der Waals surface area contributed by atoms with Crippen LogP contribution < -0.4 is 0 Å². The summed E-state index contributed by atoms with van der Waals surface area (Å²) in [5, 5.41) is 12.3. The van der Waals surface area contributed by atoms with E-state index in [1.165, 1.54) is 0 Å². The highest BCUT2D eigenvalue weighted by Gasteiger charge is 2.26. The van der Waals surface area contributed by atoms with Crippen molar-refractivity contribution in [3.05, 3.63) is 20.8 Å². The van der Waals surface area contributed by atoms with Crippen molar-refractivity contribution >= 4 is 27.3 Å². The van der Waals surface area contributed by atoms with Gasteiger partial charge < -0.3 is 14.6 Å². The Labute approximate surface area is 109 Å². The standard InChI is InChI=1S/C11H17BrO3S/c1-11(13,6-10(14-2)15-3)5-9-4-8(12)7-16-9/h4,7,10,13H,5-6H2,1-3H3. The first kappa shape index (κ1) is 14.1. The Morgan fingerprint density at radius 3 is 2.56 bits per heavy atom. The smallest absolute Gasteiger partial charge is 0.159 e. The zero-order chi connectivity index (χ0) is 12.2. The van der Waals surface area contributed by atoms with Crippen LogP contribution in [-0.4, -0.2) is 31.2 Å². The lowest BCUT2D eigenvalue weighted by Crippen LogP contribution is -2.33. The topological polar surface area (TPSA) is 38.7 Å². The number of hydrogen-bond donors (Lipinski definition) is 1. The molecule has 0 spiro atoms. The van der Waals surface area contributed by atoms with Gasteiger partial charge in [0, 0.05) is 41.8 Å². The fourth-order valence-electron chi connectivity index (χ4n) is 1.52. The van der Waals surface area contributed by atoms with Crippen molar-refractivity contribution in [1.29, 1.82) is 0 Å². The molecule has 0 saturated carbocycles. The molecule has 0 aliphatic rings. The summed E-state index contributed by atoms with van der Waals surface area (Å²) in [7, 11) is 3.15. The summed E-state index contributed by atoms with van der Waals surface area (Å²) in [4.78, 5) is 1.14. The SMILES string of the molecule is COC(CC(C)(O)Cc1cc(Br)cs1)OC. The summed E-state index contributed by atoms with van der Waals surface area (Å²) >= 11 is 5.03. The summed E-state index contributed by atoms with van der Waals surface area (Å²) in [6.07, 6.45) is 0.695. The molecule has 3 nitrogen and oxygen atoms in total. The van der Waals surface area contributed by atoms with Crippen LogP contribution >= 0.6 is 27.3 Å². The first-order valence-electron chi connectivity index (χ1n) is 4.98. The molecule has 0 aliphatic heterocycles. The fourth-order valence-corrected chi connectivity index (χ4v) is 3.15. The molecule has 1 aromatic heterocycles. The summed E-state index contributed by atoms with van der Waals surface area (Å²) in [5.41, 5.74) is -0.818. The molecule has 0 fully saturated rings. The average Bonchev–Trinajstić information content (AvgIpc) is 2.59. The summed E-state index contributed by atoms with van der Waals surface area (Å²) < 4.78 is 11.2. The lowest BCUT2D eigenvalue weighted by Gasteiger charge is -2.26. The zero-order valence-electron chi connectivity index (χ0n) is 9.70. The lowest BCUT2D eigenvalue weighted by atomic mass is 9.97. The van der Waals surface area contributed by atoms with Gasteiger partial charge in [0.05, 0.1) is 5.60 Å². The van der Waals surface area contributed by atoms with Crippen LogP contribution in [-0.2, 0) is 15.9 Å². The Morgan fingerprint density at radius 2 is 2.12 bits per heavy atom. The van der Waals surface area contributed by atoms with Gasteiger partial charge in [0.15, 0.2) is 6.29 Å². The second kappa shape index (κ2) is 6.12. The van der Waals surface area contributed by atoms with Gasteiger partial charge in [0.25, 0.3) is 0 Å². The van der Waals surface area contributed by atoms with E-state index in [0.717, 1.165) is 9.35 Å². The Bertz CT molecular complexity index is 321. The van der Waals surface area contributed by atoms with Gasteiger partial charge in [-0.2, -0.15) is 0 Å². The molecule has 0 saturated heterocycles. The normalized spacial score (nSPS) is 15.4. The van der Waals surface area contributed by atoms with Crippen LogP contribution in [0.1, 0.15) is 18.2 Å². The van der Waals surface area contributed by atoms with E-state index >= 15 is 0 Å². The number of hydrogen-bond acceptors (Lipinski definition) is 4. The van der Waals surface area contributed by atoms with Crippen molar-refractivity contribution in [1.82, 2.24) is 0 Å². The third-order valence-electron chi connectivity index (χ3n) is 2.31. The maximum Gasteiger partial charge on any atom is 0.159 e. The van der Waals surface area contributed by atoms with E-state index in [-0.39, 0.29) is 6.29 Å². The molecule has 1 heterocycles. The molecule has 5 heteroatoms. The molecule has 0 amide bonds. The van der Waals surface area contributed by atoms with E-state index in [9.17, 15) is 5.11 Å². The predicted molar refractivity (Wildman–Crippen MR) is 68.8 cm³/mol. The first-order chi connectivity index (χ1) is 7.46. The summed E-state index contributed by atoms with van der Waals surface area (Å²) in [6, 6.07) is 2.02. The van der Waals surface area contributed by atoms with Crippen LogP contribution in [0, 0.1) is 0 Å². The molecule has 1 atom stereocenters. The third-order valence-corrected chi connectivity index (χ3v) is 4.01. The largest absolute Gasteiger partial charge is 0.390 e. The van der Waals surface area contributed by atoms with Gasteiger partial charge in [0.1, 0.15) is 0 Å². The predicted octanol–water partition coefficient (Wildman–Crippen LogP) is 2.81. The lowest BCUT2D eigenvalue weighted by molar-refractivity contribution is -0.139. The van der Waals surface area contributed by atoms with Gasteiger partial charge >= 0.3 is 0 Å². The second-order valence-corrected chi connectivity index (χ2v) is 5.92. The van der Waals surface area contributed by atoms with Gasteiger partial charge in [-0.05, 0) is 28.9 Å². The minimum absolute atomic E-state index is 0.363. The number of ether oxygens (including phenoxy) is 2. The molecule has 1 rings (SSSR count). The van der Waals surface area contributed by atoms with Crippen LogP contribution in [0.3, 0.4) is 0 Å². The van der Waals surface area contributed by atoms with E-state index < -0.39 is 5.60 Å². The van der Waals surface area contributed by atoms with Crippen LogP contribution in [0.15, 0.2) is 15.9 Å². The fraction of sp³-hybridized carbons (Fsp3) is 0.636. The Kier molecular flexibility index (Phi) is 5.40. The first-order valence-corrected chi connectivity index (χ1v) is 6.65. The number of methoxy groups -OCH3 is 2. The van der Waals surface area contributed by atoms with Crippen molar-refractivity contribution in [2.75, 3.05) is 14.2 Å². The van der Waals surface area contributed by atoms with E-state index in [4.69, 9.17) is 9.47 Å². The van der Waals surface area contributed by atoms with E-state index in [0.29, 0.717) is 12.8 Å². The Balaban J connectivity index is 2.57. The molecular formula is C11H17BrO3S. The van der Waals surface area contributed by atoms with Crippen LogP contribution in [0.4, 0.5) is 0 Å². The van der Waals surface area contributed by atoms with Crippen molar-refractivity contribution in [3.8, 4) is 0 Å². The number of thiophene rings is 1. The van der Waals surface area contributed by atoms with E-state index in [2.05, 4.69) is 15.9 Å². The third kappa shape index (κ3) is 4.51. The molecule has 1 N–H and O–H groups in total. The van der Waals surface area contributed by atoms with Gasteiger partial charge in [-0.3, -0.25) is 0 Å². The van der Waals surface area contributed by atoms with Crippen molar-refractivity contribution < 1.29 is 14.6 Å². The molecule has 0 aliphatic carbocycles. The minimum Gasteiger partial charge on any atom is -0.390 e. The molecule has 1 unspecified atom stereocenters. The molecule has 92 valence electrons. The number of rotatable bonds is 6. The van der Waals surface area contributed by atoms with Crippen molar-refractivity contribution in [3.63, 3.8) is 0 Å². The second-order valence-electron chi connectivity index (χ2n) is 4.01. The molecule has 16 heavy (non-hydrogen) atoms. The highest BCUT2D eigenvalue weighted by molar-refractivity contribution is 9.10. The quantitative estimate of drug-likeness (QED) is 0.821. The molecule has 0 radical (unpaired) electrons. The van der Waals surface area contributed by atoms with Crippen molar-refractivity contribution in [2.45, 2.75) is 31.7 Å². The average molecular weight is 309 g/mol. The Morgan fingerprint density at radius 1 is 1.50 bits per heavy atom. The van der Waals surface area contributed by atoms with E-state index in [1.807, 2.05) is 11.4 Å². The summed E-state index contributed by atoms with van der Waals surface area (Å²) in [5.74, 6) is 0. The zero-order valence-corrected chi connectivity index (χ0v) is 12.1. The molecular weight excluding hydrogens is 292 g/mol. The highest BCUT2D eigenvalue weighted by Crippen LogP contribution is 2.26. The number of halogens is 1. The maximum absolute atomic E-state index is 10.2. The minimum atomic E-state index is -0.818. The highest BCUT2D eigenvalue weighted by atomic mass is 79.9. The molecule has 0 bridgehead atoms. The Hall–Kier alpha value is 0.0600. The van der Waals surface area contributed by atoms with Gasteiger partial charge in [-0.25, -0.2) is 0 Å². The monoisotopic (exact) mass is 308 g/mol. The van der Waals surface area contributed by atoms with Gasteiger partial charge in [-0.15, -0.1) is 11.3 Å². The van der Waals surface area contributed by atoms with Crippen LogP contribution in [0.25, 0.3) is 0 Å². The van der Waals surface area contributed by atoms with Crippen LogP contribution in [0.5, 0.6) is 0 Å². The van der Waals surface area contributed by atoms with Crippen molar-refractivity contribution in [2.24, 2.45) is 0 Å².